The number of allylic oxidation sites excluding steroid dienone is 1. The number of hydrogen-bond acceptors (Lipinski definition) is 2. The largest absolute Gasteiger partial charge is 0.241 e. The smallest absolute Gasteiger partial charge is 0.115 e. The molecule has 0 unspecified atom stereocenters. The molecule has 1 aromatic rings. The Morgan fingerprint density at radius 3 is 3.10 bits per heavy atom. The summed E-state index contributed by atoms with van der Waals surface area (Å²) in [6, 6.07) is 0. The van der Waals surface area contributed by atoms with Gasteiger partial charge in [0.15, 0.2) is 0 Å². The third kappa shape index (κ3) is 0.652. The molecule has 0 aromatic carbocycles. The van der Waals surface area contributed by atoms with E-state index in [-0.39, 0.29) is 0 Å². The van der Waals surface area contributed by atoms with Crippen LogP contribution in [0.15, 0.2) is 12.4 Å². The molecule has 10 heavy (non-hydrogen) atoms. The fourth-order valence-electron chi connectivity index (χ4n) is 1.20. The first-order valence-corrected chi connectivity index (χ1v) is 3.35. The second kappa shape index (κ2) is 1.90. The monoisotopic (exact) mass is 132 g/mol. The minimum atomic E-state index is 0.971. The molecule has 1 heterocycles. The van der Waals surface area contributed by atoms with Gasteiger partial charge in [-0.1, -0.05) is 12.2 Å². The average molecular weight is 132 g/mol. The van der Waals surface area contributed by atoms with Crippen molar-refractivity contribution in [3.05, 3.63) is 29.4 Å². The highest BCUT2D eigenvalue weighted by Crippen LogP contribution is 2.17. The number of fused-ring (bicyclic) bond motifs is 1. The Kier molecular flexibility index (Phi) is 1.07. The first-order chi connectivity index (χ1) is 4.88. The summed E-state index contributed by atoms with van der Waals surface area (Å²) in [7, 11) is 0. The van der Waals surface area contributed by atoms with Crippen molar-refractivity contribution in [1.29, 1.82) is 0 Å². The Labute approximate surface area is 59.6 Å². The molecule has 2 heteroatoms. The van der Waals surface area contributed by atoms with Gasteiger partial charge in [-0.2, -0.15) is 0 Å². The summed E-state index contributed by atoms with van der Waals surface area (Å²) in [5.74, 6) is 0. The van der Waals surface area contributed by atoms with Gasteiger partial charge in [-0.25, -0.2) is 9.97 Å². The third-order valence-corrected chi connectivity index (χ3v) is 1.76. The molecule has 2 rings (SSSR count). The van der Waals surface area contributed by atoms with Crippen LogP contribution in [0.5, 0.6) is 0 Å². The van der Waals surface area contributed by atoms with Crippen molar-refractivity contribution in [2.24, 2.45) is 0 Å². The first-order valence-electron chi connectivity index (χ1n) is 3.35. The summed E-state index contributed by atoms with van der Waals surface area (Å²) in [6.45, 7) is 2.01. The van der Waals surface area contributed by atoms with E-state index in [1.165, 1.54) is 5.56 Å². The summed E-state index contributed by atoms with van der Waals surface area (Å²) in [6.07, 6.45) is 6.80. The standard InChI is InChI=1S/C8H8N2/c1-6-7-3-2-4-8(7)10-5-9-6/h2-3,5H,4H2,1H3. The Morgan fingerprint density at radius 1 is 1.40 bits per heavy atom. The molecule has 0 fully saturated rings. The van der Waals surface area contributed by atoms with Crippen LogP contribution < -0.4 is 0 Å². The second-order valence-electron chi connectivity index (χ2n) is 2.43. The normalized spacial score (nSPS) is 13.7. The van der Waals surface area contributed by atoms with E-state index in [1.807, 2.05) is 6.92 Å². The molecule has 1 aliphatic carbocycles. The van der Waals surface area contributed by atoms with Crippen molar-refractivity contribution < 1.29 is 0 Å². The van der Waals surface area contributed by atoms with Gasteiger partial charge in [0.1, 0.15) is 6.33 Å². The zero-order valence-electron chi connectivity index (χ0n) is 5.83. The van der Waals surface area contributed by atoms with Gasteiger partial charge in [0, 0.05) is 17.7 Å². The Morgan fingerprint density at radius 2 is 2.30 bits per heavy atom. The summed E-state index contributed by atoms with van der Waals surface area (Å²) in [5.41, 5.74) is 3.45. The van der Waals surface area contributed by atoms with Crippen LogP contribution in [-0.2, 0) is 6.42 Å². The van der Waals surface area contributed by atoms with Crippen LogP contribution in [-0.4, -0.2) is 9.97 Å². The molecule has 0 saturated heterocycles. The van der Waals surface area contributed by atoms with Crippen molar-refractivity contribution in [2.45, 2.75) is 13.3 Å². The lowest BCUT2D eigenvalue weighted by Crippen LogP contribution is -1.92. The summed E-state index contributed by atoms with van der Waals surface area (Å²) in [5, 5.41) is 0. The molecule has 2 nitrogen and oxygen atoms in total. The van der Waals surface area contributed by atoms with E-state index in [2.05, 4.69) is 22.1 Å². The van der Waals surface area contributed by atoms with Crippen LogP contribution >= 0.6 is 0 Å². The van der Waals surface area contributed by atoms with Gasteiger partial charge < -0.3 is 0 Å². The second-order valence-corrected chi connectivity index (χ2v) is 2.43. The minimum absolute atomic E-state index is 0.971. The molecular formula is C8H8N2. The molecule has 0 spiro atoms. The maximum Gasteiger partial charge on any atom is 0.115 e. The lowest BCUT2D eigenvalue weighted by atomic mass is 10.2. The lowest BCUT2D eigenvalue weighted by Gasteiger charge is -1.97. The fourth-order valence-corrected chi connectivity index (χ4v) is 1.20. The van der Waals surface area contributed by atoms with Crippen LogP contribution in [0.2, 0.25) is 0 Å². The van der Waals surface area contributed by atoms with Gasteiger partial charge in [-0.05, 0) is 6.92 Å². The number of hydrogen-bond donors (Lipinski definition) is 0. The molecule has 0 atom stereocenters. The summed E-state index contributed by atoms with van der Waals surface area (Å²) >= 11 is 0. The molecule has 0 radical (unpaired) electrons. The molecule has 0 saturated carbocycles. The molecule has 1 aliphatic rings. The van der Waals surface area contributed by atoms with E-state index in [0.29, 0.717) is 0 Å². The molecule has 0 bridgehead atoms. The zero-order valence-corrected chi connectivity index (χ0v) is 5.83. The molecule has 1 aromatic heterocycles. The Balaban J connectivity index is 2.67. The highest BCUT2D eigenvalue weighted by atomic mass is 14.8. The van der Waals surface area contributed by atoms with E-state index in [1.54, 1.807) is 6.33 Å². The predicted octanol–water partition coefficient (Wildman–Crippen LogP) is 1.35. The quantitative estimate of drug-likeness (QED) is 0.532. The summed E-state index contributed by atoms with van der Waals surface area (Å²) < 4.78 is 0. The summed E-state index contributed by atoms with van der Waals surface area (Å²) in [4.78, 5) is 8.23. The van der Waals surface area contributed by atoms with Crippen molar-refractivity contribution in [3.8, 4) is 0 Å². The maximum atomic E-state index is 4.15. The Hall–Kier alpha value is -1.18. The van der Waals surface area contributed by atoms with Crippen LogP contribution in [0, 0.1) is 6.92 Å². The predicted molar refractivity (Wildman–Crippen MR) is 39.5 cm³/mol. The number of rotatable bonds is 0. The van der Waals surface area contributed by atoms with Gasteiger partial charge in [0.05, 0.1) is 5.69 Å². The van der Waals surface area contributed by atoms with Gasteiger partial charge in [-0.15, -0.1) is 0 Å². The molecule has 0 aliphatic heterocycles. The SMILES string of the molecule is Cc1ncnc2c1C=CC2. The highest BCUT2D eigenvalue weighted by molar-refractivity contribution is 5.59. The first kappa shape index (κ1) is 5.59. The highest BCUT2D eigenvalue weighted by Gasteiger charge is 2.07. The lowest BCUT2D eigenvalue weighted by molar-refractivity contribution is 1.02. The van der Waals surface area contributed by atoms with Gasteiger partial charge in [-0.3, -0.25) is 0 Å². The van der Waals surface area contributed by atoms with Crippen molar-refractivity contribution in [1.82, 2.24) is 9.97 Å². The van der Waals surface area contributed by atoms with Crippen LogP contribution in [0.4, 0.5) is 0 Å². The number of aromatic nitrogens is 2. The maximum absolute atomic E-state index is 4.15. The van der Waals surface area contributed by atoms with Crippen LogP contribution in [0.3, 0.4) is 0 Å². The van der Waals surface area contributed by atoms with Crippen molar-refractivity contribution in [2.75, 3.05) is 0 Å². The van der Waals surface area contributed by atoms with E-state index >= 15 is 0 Å². The van der Waals surface area contributed by atoms with E-state index in [0.717, 1.165) is 17.8 Å². The Bertz CT molecular complexity index is 289. The molecule has 0 N–H and O–H groups in total. The van der Waals surface area contributed by atoms with Gasteiger partial charge in [0.25, 0.3) is 0 Å². The fraction of sp³-hybridized carbons (Fsp3) is 0.250. The van der Waals surface area contributed by atoms with Crippen molar-refractivity contribution >= 4 is 6.08 Å². The van der Waals surface area contributed by atoms with E-state index in [9.17, 15) is 0 Å². The minimum Gasteiger partial charge on any atom is -0.241 e. The zero-order chi connectivity index (χ0) is 6.97. The van der Waals surface area contributed by atoms with Crippen LogP contribution in [0.25, 0.3) is 6.08 Å². The van der Waals surface area contributed by atoms with E-state index < -0.39 is 0 Å². The van der Waals surface area contributed by atoms with Crippen molar-refractivity contribution in [3.63, 3.8) is 0 Å². The van der Waals surface area contributed by atoms with Gasteiger partial charge in [0.2, 0.25) is 0 Å². The third-order valence-electron chi connectivity index (χ3n) is 1.76. The van der Waals surface area contributed by atoms with E-state index in [4.69, 9.17) is 0 Å². The molecular weight excluding hydrogens is 124 g/mol. The topological polar surface area (TPSA) is 25.8 Å². The van der Waals surface area contributed by atoms with Gasteiger partial charge >= 0.3 is 0 Å². The molecule has 0 amide bonds. The van der Waals surface area contributed by atoms with Crippen LogP contribution in [0.1, 0.15) is 17.0 Å². The average Bonchev–Trinajstić information content (AvgIpc) is 2.36. The number of nitrogens with zero attached hydrogens (tertiary/aromatic N) is 2. The number of aryl methyl sites for hydroxylation is 1. The molecule has 50 valence electrons.